The largest absolute Gasteiger partial charge is 0.480 e. The van der Waals surface area contributed by atoms with Gasteiger partial charge < -0.3 is 21.5 Å². The summed E-state index contributed by atoms with van der Waals surface area (Å²) in [6, 6.07) is 9.39. The highest BCUT2D eigenvalue weighted by atomic mass is 18.2. The molecule has 16 heteroatoms. The van der Waals surface area contributed by atoms with Gasteiger partial charge in [-0.25, -0.2) is 19.2 Å². The molecule has 0 saturated heterocycles. The Balaban J connectivity index is 1.26. The van der Waals surface area contributed by atoms with E-state index in [1.165, 1.54) is 30.5 Å². The molecule has 1 atom stereocenters. The third-order valence-corrected chi connectivity index (χ3v) is 5.79. The van der Waals surface area contributed by atoms with Gasteiger partial charge in [-0.1, -0.05) is 0 Å². The average molecular weight is 577 g/mol. The summed E-state index contributed by atoms with van der Waals surface area (Å²) in [6.07, 6.45) is 0.839. The fraction of sp³-hybridized carbons (Fsp3) is 0.154. The van der Waals surface area contributed by atoms with Crippen molar-refractivity contribution < 1.29 is 28.7 Å². The van der Waals surface area contributed by atoms with Crippen LogP contribution in [0.3, 0.4) is 0 Å². The van der Waals surface area contributed by atoms with Crippen LogP contribution < -0.4 is 32.8 Å². The first-order valence-electron chi connectivity index (χ1n) is 12.3. The lowest BCUT2D eigenvalue weighted by atomic mass is 10.1. The van der Waals surface area contributed by atoms with Crippen LogP contribution in [-0.2, 0) is 16.1 Å². The number of carboxylic acid groups (broad SMARTS) is 1. The minimum absolute atomic E-state index is 0.0530. The number of nitrogens with zero attached hydrogens (tertiary/aromatic N) is 3. The number of rotatable bonds is 10. The fourth-order valence-corrected chi connectivity index (χ4v) is 3.62. The van der Waals surface area contributed by atoms with Crippen molar-refractivity contribution in [2.75, 3.05) is 11.1 Å². The first-order chi connectivity index (χ1) is 20.1. The number of aromatic nitrogens is 4. The Kier molecular flexibility index (Phi) is 8.96. The zero-order valence-electron chi connectivity index (χ0n) is 21.7. The number of amides is 3. The Morgan fingerprint density at radius 3 is 2.31 bits per heavy atom. The van der Waals surface area contributed by atoms with Gasteiger partial charge in [0.25, 0.3) is 17.4 Å². The Labute approximate surface area is 235 Å². The average Bonchev–Trinajstić information content (AvgIpc) is 2.97. The van der Waals surface area contributed by atoms with E-state index in [4.69, 9.17) is 5.73 Å². The highest BCUT2D eigenvalue weighted by Crippen LogP contribution is 2.12. The number of aromatic amines is 1. The Hall–Kier alpha value is -5.93. The van der Waals surface area contributed by atoms with Crippen LogP contribution in [0.2, 0.25) is 0 Å². The highest BCUT2D eigenvalue weighted by molar-refractivity contribution is 5.97. The third-order valence-electron chi connectivity index (χ3n) is 5.79. The lowest BCUT2D eigenvalue weighted by molar-refractivity contribution is -0.139. The molecule has 0 spiro atoms. The molecule has 216 valence electrons. The second-order valence-electron chi connectivity index (χ2n) is 8.83. The van der Waals surface area contributed by atoms with Crippen LogP contribution in [0.25, 0.3) is 11.2 Å². The minimum atomic E-state index is -1.38. The molecule has 1 unspecified atom stereocenters. The van der Waals surface area contributed by atoms with Crippen LogP contribution in [0.4, 0.5) is 16.0 Å². The van der Waals surface area contributed by atoms with E-state index in [-0.39, 0.29) is 47.6 Å². The molecule has 8 N–H and O–H groups in total. The van der Waals surface area contributed by atoms with Crippen molar-refractivity contribution in [3.05, 3.63) is 87.7 Å². The van der Waals surface area contributed by atoms with Crippen molar-refractivity contribution in [1.29, 1.82) is 0 Å². The van der Waals surface area contributed by atoms with Gasteiger partial charge in [0.15, 0.2) is 11.2 Å². The number of nitrogens with two attached hydrogens (primary N) is 1. The molecule has 0 aliphatic rings. The van der Waals surface area contributed by atoms with Crippen LogP contribution in [0, 0.1) is 5.82 Å². The van der Waals surface area contributed by atoms with Gasteiger partial charge in [-0.3, -0.25) is 35.0 Å². The van der Waals surface area contributed by atoms with E-state index in [1.807, 2.05) is 0 Å². The summed E-state index contributed by atoms with van der Waals surface area (Å²) in [5, 5.41) is 14.9. The summed E-state index contributed by atoms with van der Waals surface area (Å²) in [4.78, 5) is 74.8. The molecule has 0 radical (unpaired) electrons. The van der Waals surface area contributed by atoms with E-state index in [1.54, 1.807) is 12.1 Å². The van der Waals surface area contributed by atoms with Gasteiger partial charge >= 0.3 is 5.97 Å². The van der Waals surface area contributed by atoms with Gasteiger partial charge in [-0.2, -0.15) is 4.98 Å². The van der Waals surface area contributed by atoms with Gasteiger partial charge in [0.1, 0.15) is 11.9 Å². The standard InChI is InChI=1S/C26H24FN9O6/c27-15-5-1-14(2-6-15)23(39)36-35-19(37)10-9-18(25(41)42)32-22(38)13-3-7-16(8-4-13)29-11-17-12-30-20-21(31-17)33-26(28)34-24(20)40/h1-8,12,18,29H,9-11H2,(H,32,38)(H,35,37)(H,36,39)(H,41,42)(H3,28,31,33,34,40)/i27-1. The first kappa shape index (κ1) is 29.1. The first-order valence-corrected chi connectivity index (χ1v) is 12.3. The van der Waals surface area contributed by atoms with Crippen molar-refractivity contribution in [2.24, 2.45) is 0 Å². The van der Waals surface area contributed by atoms with Gasteiger partial charge in [0.05, 0.1) is 18.4 Å². The fourth-order valence-electron chi connectivity index (χ4n) is 3.62. The zero-order chi connectivity index (χ0) is 30.2. The lowest BCUT2D eigenvalue weighted by Gasteiger charge is -2.15. The van der Waals surface area contributed by atoms with Crippen molar-refractivity contribution in [2.45, 2.75) is 25.4 Å². The van der Waals surface area contributed by atoms with Gasteiger partial charge in [0, 0.05) is 23.2 Å². The molecule has 0 aliphatic carbocycles. The number of H-pyrrole nitrogens is 1. The summed E-state index contributed by atoms with van der Waals surface area (Å²) in [6.45, 7) is 0.219. The van der Waals surface area contributed by atoms with Gasteiger partial charge in [0.2, 0.25) is 11.9 Å². The third kappa shape index (κ3) is 7.59. The monoisotopic (exact) mass is 576 g/mol. The number of hydrazine groups is 1. The number of carboxylic acids is 1. The molecule has 2 aromatic carbocycles. The number of benzene rings is 2. The summed E-state index contributed by atoms with van der Waals surface area (Å²) in [5.41, 5.74) is 10.9. The number of anilines is 2. The lowest BCUT2D eigenvalue weighted by Crippen LogP contribution is -2.44. The number of carbonyl (C=O) groups excluding carboxylic acids is 3. The maximum Gasteiger partial charge on any atom is 0.326 e. The van der Waals surface area contributed by atoms with Crippen molar-refractivity contribution in [1.82, 2.24) is 36.1 Å². The summed E-state index contributed by atoms with van der Waals surface area (Å²) < 4.78 is 13.0. The van der Waals surface area contributed by atoms with E-state index in [0.29, 0.717) is 11.4 Å². The Morgan fingerprint density at radius 1 is 0.952 bits per heavy atom. The summed E-state index contributed by atoms with van der Waals surface area (Å²) in [7, 11) is 0. The molecule has 0 fully saturated rings. The Morgan fingerprint density at radius 2 is 1.62 bits per heavy atom. The zero-order valence-corrected chi connectivity index (χ0v) is 21.7. The second-order valence-corrected chi connectivity index (χ2v) is 8.83. The van der Waals surface area contributed by atoms with Crippen LogP contribution in [0.15, 0.2) is 59.5 Å². The molecule has 3 amide bonds. The smallest absolute Gasteiger partial charge is 0.326 e. The molecule has 42 heavy (non-hydrogen) atoms. The number of hydrogen-bond acceptors (Lipinski definition) is 10. The molecule has 0 aliphatic heterocycles. The molecule has 2 heterocycles. The van der Waals surface area contributed by atoms with Crippen LogP contribution in [0.1, 0.15) is 39.3 Å². The SMILES string of the molecule is Nc1nc2nc(CNc3ccc(C(=O)NC(CCC(=O)NNC(=O)c4ccc([18F])cc4)C(=O)O)cc3)cnc2c(=O)[nH]1. The number of hydrogen-bond donors (Lipinski definition) is 7. The van der Waals surface area contributed by atoms with Crippen LogP contribution >= 0.6 is 0 Å². The maximum absolute atomic E-state index is 13.0. The van der Waals surface area contributed by atoms with Crippen molar-refractivity contribution in [3.63, 3.8) is 0 Å². The molecule has 0 saturated carbocycles. The molecular formula is C26H24FN9O6. The molecule has 4 rings (SSSR count). The number of nitrogen functional groups attached to an aromatic ring is 1. The van der Waals surface area contributed by atoms with E-state index in [2.05, 4.69) is 41.4 Å². The number of aliphatic carboxylic acids is 1. The van der Waals surface area contributed by atoms with Crippen LogP contribution in [0.5, 0.6) is 0 Å². The quantitative estimate of drug-likeness (QED) is 0.128. The predicted octanol–water partition coefficient (Wildman–Crippen LogP) is 0.471. The molecular weight excluding hydrogens is 552 g/mol. The Bertz CT molecular complexity index is 1690. The summed E-state index contributed by atoms with van der Waals surface area (Å²) >= 11 is 0. The highest BCUT2D eigenvalue weighted by Gasteiger charge is 2.22. The van der Waals surface area contributed by atoms with E-state index >= 15 is 0 Å². The van der Waals surface area contributed by atoms with Gasteiger partial charge in [-0.05, 0) is 55.0 Å². The second kappa shape index (κ2) is 12.9. The predicted molar refractivity (Wildman–Crippen MR) is 146 cm³/mol. The minimum Gasteiger partial charge on any atom is -0.480 e. The number of halogens is 1. The molecule has 4 aromatic rings. The van der Waals surface area contributed by atoms with E-state index in [0.717, 1.165) is 12.1 Å². The molecule has 2 aromatic heterocycles. The maximum atomic E-state index is 13.0. The number of nitrogens with one attached hydrogen (secondary N) is 5. The van der Waals surface area contributed by atoms with E-state index in [9.17, 15) is 33.5 Å². The van der Waals surface area contributed by atoms with Crippen LogP contribution in [-0.4, -0.2) is 54.8 Å². The number of carbonyl (C=O) groups is 4. The van der Waals surface area contributed by atoms with E-state index < -0.39 is 41.1 Å². The topological polar surface area (TPSA) is 234 Å². The van der Waals surface area contributed by atoms with Gasteiger partial charge in [-0.15, -0.1) is 0 Å². The van der Waals surface area contributed by atoms with Crippen molar-refractivity contribution >= 4 is 46.5 Å². The summed E-state index contributed by atoms with van der Waals surface area (Å²) in [5.74, 6) is -4.01. The number of fused-ring (bicyclic) bond motifs is 1. The van der Waals surface area contributed by atoms with Crippen molar-refractivity contribution in [3.8, 4) is 0 Å². The normalized spacial score (nSPS) is 11.4. The molecule has 0 bridgehead atoms. The molecule has 15 nitrogen and oxygen atoms in total.